The molecule has 0 heterocycles. The van der Waals surface area contributed by atoms with Gasteiger partial charge in [0.05, 0.1) is 11.5 Å². The van der Waals surface area contributed by atoms with Crippen LogP contribution < -0.4 is 0 Å². The van der Waals surface area contributed by atoms with Crippen LogP contribution in [-0.4, -0.2) is 0 Å². The third-order valence-electron chi connectivity index (χ3n) is 9.76. The van der Waals surface area contributed by atoms with Gasteiger partial charge in [-0.05, 0) is 81.0 Å². The Balaban J connectivity index is 1.40. The molecule has 3 saturated carbocycles. The number of nitriles is 1. The predicted octanol–water partition coefficient (Wildman–Crippen LogP) is 9.46. The van der Waals surface area contributed by atoms with Crippen LogP contribution in [0.3, 0.4) is 0 Å². The van der Waals surface area contributed by atoms with E-state index in [4.69, 9.17) is 0 Å². The minimum Gasteiger partial charge on any atom is -0.198 e. The summed E-state index contributed by atoms with van der Waals surface area (Å²) in [6, 6.07) is 2.91. The summed E-state index contributed by atoms with van der Waals surface area (Å²) >= 11 is 0. The molecular formula is C29H51N. The lowest BCUT2D eigenvalue weighted by atomic mass is 9.57. The van der Waals surface area contributed by atoms with Gasteiger partial charge in [-0.15, -0.1) is 0 Å². The van der Waals surface area contributed by atoms with E-state index in [-0.39, 0.29) is 5.41 Å². The van der Waals surface area contributed by atoms with E-state index in [9.17, 15) is 5.26 Å². The summed E-state index contributed by atoms with van der Waals surface area (Å²) in [5, 5.41) is 10.2. The zero-order chi connectivity index (χ0) is 21.2. The van der Waals surface area contributed by atoms with Crippen molar-refractivity contribution in [1.82, 2.24) is 0 Å². The molecule has 0 aromatic carbocycles. The summed E-state index contributed by atoms with van der Waals surface area (Å²) in [7, 11) is 0. The topological polar surface area (TPSA) is 23.8 Å². The van der Waals surface area contributed by atoms with E-state index in [1.807, 2.05) is 0 Å². The molecule has 0 unspecified atom stereocenters. The maximum atomic E-state index is 10.2. The number of hydrogen-bond donors (Lipinski definition) is 0. The molecule has 3 rings (SSSR count). The number of unbranched alkanes of at least 4 members (excludes halogenated alkanes) is 4. The molecule has 0 saturated heterocycles. The number of rotatable bonds is 10. The van der Waals surface area contributed by atoms with Crippen LogP contribution in [0.25, 0.3) is 0 Å². The first-order chi connectivity index (χ1) is 14.7. The van der Waals surface area contributed by atoms with Gasteiger partial charge in [-0.2, -0.15) is 5.26 Å². The van der Waals surface area contributed by atoms with Crippen molar-refractivity contribution in [1.29, 1.82) is 5.26 Å². The highest BCUT2D eigenvalue weighted by atomic mass is 14.5. The van der Waals surface area contributed by atoms with Gasteiger partial charge in [0, 0.05) is 0 Å². The lowest BCUT2D eigenvalue weighted by Gasteiger charge is -2.46. The van der Waals surface area contributed by atoms with Crippen LogP contribution in [0.15, 0.2) is 0 Å². The highest BCUT2D eigenvalue weighted by molar-refractivity contribution is 5.06. The lowest BCUT2D eigenvalue weighted by Crippen LogP contribution is -2.38. The highest BCUT2D eigenvalue weighted by Gasteiger charge is 2.44. The van der Waals surface area contributed by atoms with Crippen molar-refractivity contribution in [2.24, 2.45) is 35.0 Å². The number of nitrogens with zero attached hydrogens (tertiary/aromatic N) is 1. The molecule has 0 amide bonds. The maximum absolute atomic E-state index is 10.2. The molecule has 3 aliphatic rings. The molecule has 0 N–H and O–H groups in total. The minimum absolute atomic E-state index is 0.0439. The van der Waals surface area contributed by atoms with Crippen molar-refractivity contribution in [3.05, 3.63) is 0 Å². The van der Waals surface area contributed by atoms with Crippen LogP contribution in [0, 0.1) is 46.3 Å². The second kappa shape index (κ2) is 12.5. The fourth-order valence-electron chi connectivity index (χ4n) is 7.56. The van der Waals surface area contributed by atoms with Gasteiger partial charge >= 0.3 is 0 Å². The fourth-order valence-corrected chi connectivity index (χ4v) is 7.56. The van der Waals surface area contributed by atoms with Crippen LogP contribution >= 0.6 is 0 Å². The van der Waals surface area contributed by atoms with Crippen molar-refractivity contribution < 1.29 is 0 Å². The highest BCUT2D eigenvalue weighted by Crippen LogP contribution is 2.52. The SMILES string of the molecule is CCCCCC1CCC([C@H]2CC[C@](C#N)(C3CCC(CCCCC)CC3)CC2)CC1. The van der Waals surface area contributed by atoms with Crippen LogP contribution in [0.2, 0.25) is 0 Å². The van der Waals surface area contributed by atoms with E-state index in [0.29, 0.717) is 5.92 Å². The summed E-state index contributed by atoms with van der Waals surface area (Å²) in [5.41, 5.74) is 0.0439. The first-order valence-corrected chi connectivity index (χ1v) is 14.1. The number of hydrogen-bond acceptors (Lipinski definition) is 1. The summed E-state index contributed by atoms with van der Waals surface area (Å²) < 4.78 is 0. The monoisotopic (exact) mass is 413 g/mol. The zero-order valence-corrected chi connectivity index (χ0v) is 20.5. The molecule has 1 nitrogen and oxygen atoms in total. The maximum Gasteiger partial charge on any atom is 0.0692 e. The molecule has 0 aliphatic heterocycles. The van der Waals surface area contributed by atoms with Gasteiger partial charge in [-0.1, -0.05) is 90.9 Å². The van der Waals surface area contributed by atoms with Gasteiger partial charge in [0.15, 0.2) is 0 Å². The molecule has 0 bridgehead atoms. The summed E-state index contributed by atoms with van der Waals surface area (Å²) in [5.74, 6) is 4.63. The molecule has 1 heteroatoms. The summed E-state index contributed by atoms with van der Waals surface area (Å²) in [4.78, 5) is 0. The Hall–Kier alpha value is -0.510. The molecule has 0 aromatic heterocycles. The molecule has 172 valence electrons. The molecule has 0 aromatic rings. The van der Waals surface area contributed by atoms with E-state index in [1.165, 1.54) is 128 Å². The van der Waals surface area contributed by atoms with Crippen LogP contribution in [-0.2, 0) is 0 Å². The average molecular weight is 414 g/mol. The molecule has 3 aliphatic carbocycles. The van der Waals surface area contributed by atoms with E-state index in [0.717, 1.165) is 23.7 Å². The fraction of sp³-hybridized carbons (Fsp3) is 0.966. The first kappa shape index (κ1) is 24.1. The molecule has 0 atom stereocenters. The standard InChI is InChI=1S/C29H51N/c1-3-5-7-9-24-11-15-26(16-12-24)27-19-21-29(23-30,22-20-27)28-17-13-25(14-18-28)10-8-6-4-2/h24-28H,3-22H2,1-2H3/t24?,25?,26?,27-,28?,29-. The van der Waals surface area contributed by atoms with E-state index in [2.05, 4.69) is 19.9 Å². The van der Waals surface area contributed by atoms with E-state index < -0.39 is 0 Å². The Kier molecular flexibility index (Phi) is 10.1. The van der Waals surface area contributed by atoms with Crippen molar-refractivity contribution in [3.63, 3.8) is 0 Å². The first-order valence-electron chi connectivity index (χ1n) is 14.1. The van der Waals surface area contributed by atoms with Crippen LogP contribution in [0.1, 0.15) is 142 Å². The Morgan fingerprint density at radius 1 is 0.633 bits per heavy atom. The van der Waals surface area contributed by atoms with E-state index in [1.54, 1.807) is 0 Å². The van der Waals surface area contributed by atoms with Gasteiger partial charge in [0.2, 0.25) is 0 Å². The van der Waals surface area contributed by atoms with Crippen molar-refractivity contribution >= 4 is 0 Å². The Bertz CT molecular complexity index is 493. The van der Waals surface area contributed by atoms with Crippen molar-refractivity contribution in [3.8, 4) is 6.07 Å². The molecular weight excluding hydrogens is 362 g/mol. The van der Waals surface area contributed by atoms with Gasteiger partial charge in [0.1, 0.15) is 0 Å². The molecule has 0 radical (unpaired) electrons. The van der Waals surface area contributed by atoms with Gasteiger partial charge in [-0.25, -0.2) is 0 Å². The minimum atomic E-state index is 0.0439. The average Bonchev–Trinajstić information content (AvgIpc) is 2.80. The summed E-state index contributed by atoms with van der Waals surface area (Å²) in [6.45, 7) is 4.63. The summed E-state index contributed by atoms with van der Waals surface area (Å²) in [6.07, 6.45) is 28.0. The Labute approximate surface area is 188 Å². The van der Waals surface area contributed by atoms with Gasteiger partial charge < -0.3 is 0 Å². The van der Waals surface area contributed by atoms with Crippen molar-refractivity contribution in [2.45, 2.75) is 142 Å². The molecule has 0 spiro atoms. The van der Waals surface area contributed by atoms with Crippen LogP contribution in [0.5, 0.6) is 0 Å². The van der Waals surface area contributed by atoms with E-state index >= 15 is 0 Å². The van der Waals surface area contributed by atoms with Gasteiger partial charge in [0.25, 0.3) is 0 Å². The third kappa shape index (κ3) is 6.50. The van der Waals surface area contributed by atoms with Crippen molar-refractivity contribution in [2.75, 3.05) is 0 Å². The smallest absolute Gasteiger partial charge is 0.0692 e. The second-order valence-electron chi connectivity index (χ2n) is 11.6. The third-order valence-corrected chi connectivity index (χ3v) is 9.76. The quantitative estimate of drug-likeness (QED) is 0.327. The molecule has 3 fully saturated rings. The largest absolute Gasteiger partial charge is 0.198 e. The van der Waals surface area contributed by atoms with Crippen LogP contribution in [0.4, 0.5) is 0 Å². The zero-order valence-electron chi connectivity index (χ0n) is 20.5. The molecule has 30 heavy (non-hydrogen) atoms. The second-order valence-corrected chi connectivity index (χ2v) is 11.6. The lowest BCUT2D eigenvalue weighted by molar-refractivity contribution is 0.0601. The Morgan fingerprint density at radius 3 is 1.57 bits per heavy atom. The normalized spacial score (nSPS) is 37.6. The Morgan fingerprint density at radius 2 is 1.10 bits per heavy atom. The predicted molar refractivity (Wildman–Crippen MR) is 129 cm³/mol. The van der Waals surface area contributed by atoms with Gasteiger partial charge in [-0.3, -0.25) is 0 Å².